The molecular formula is C36H39F3. The van der Waals surface area contributed by atoms with Gasteiger partial charge >= 0.3 is 0 Å². The van der Waals surface area contributed by atoms with Gasteiger partial charge in [0, 0.05) is 11.1 Å². The van der Waals surface area contributed by atoms with Crippen molar-refractivity contribution in [3.63, 3.8) is 0 Å². The maximum atomic E-state index is 15.3. The first-order valence-electron chi connectivity index (χ1n) is 14.7. The Bertz CT molecular complexity index is 1330. The van der Waals surface area contributed by atoms with Gasteiger partial charge in [-0.25, -0.2) is 13.2 Å². The molecular weight excluding hydrogens is 489 g/mol. The standard InChI is InChI=1S/C36H39F3/c1-3-5-6-24-7-9-26(10-8-24)27-11-13-28(14-12-27)31-20-21-32(34(37)23-31)29-15-17-30(18-16-29)33-22-19-25(4-2)35(38)36(33)39/h3,13,15-24,26-27H,1,4-12,14H2,2H3. The minimum absolute atomic E-state index is 0.218. The molecule has 1 atom stereocenters. The molecule has 0 aliphatic heterocycles. The van der Waals surface area contributed by atoms with E-state index >= 15 is 4.39 Å². The number of allylic oxidation sites excluding steroid dienone is 3. The van der Waals surface area contributed by atoms with Crippen molar-refractivity contribution in [2.45, 2.75) is 71.1 Å². The molecule has 3 heteroatoms. The van der Waals surface area contributed by atoms with Crippen LogP contribution >= 0.6 is 0 Å². The summed E-state index contributed by atoms with van der Waals surface area (Å²) in [4.78, 5) is 0. The molecule has 0 aromatic heterocycles. The third-order valence-corrected chi connectivity index (χ3v) is 9.18. The number of hydrogen-bond acceptors (Lipinski definition) is 0. The second kappa shape index (κ2) is 12.4. The molecule has 204 valence electrons. The summed E-state index contributed by atoms with van der Waals surface area (Å²) in [6.07, 6.45) is 16.0. The van der Waals surface area contributed by atoms with Crippen molar-refractivity contribution in [3.8, 4) is 22.3 Å². The van der Waals surface area contributed by atoms with E-state index in [1.807, 2.05) is 18.2 Å². The third-order valence-electron chi connectivity index (χ3n) is 9.18. The van der Waals surface area contributed by atoms with Gasteiger partial charge in [0.25, 0.3) is 0 Å². The highest BCUT2D eigenvalue weighted by Gasteiger charge is 2.28. The van der Waals surface area contributed by atoms with Crippen molar-refractivity contribution >= 4 is 5.57 Å². The van der Waals surface area contributed by atoms with E-state index in [0.717, 1.165) is 48.1 Å². The highest BCUT2D eigenvalue weighted by molar-refractivity contribution is 5.74. The zero-order valence-electron chi connectivity index (χ0n) is 23.0. The summed E-state index contributed by atoms with van der Waals surface area (Å²) in [5.74, 6) is 0.578. The highest BCUT2D eigenvalue weighted by atomic mass is 19.2. The smallest absolute Gasteiger partial charge is 0.166 e. The van der Waals surface area contributed by atoms with Crippen LogP contribution in [0.3, 0.4) is 0 Å². The number of rotatable bonds is 8. The first kappa shape index (κ1) is 27.5. The zero-order chi connectivity index (χ0) is 27.4. The van der Waals surface area contributed by atoms with Crippen LogP contribution in [0.25, 0.3) is 27.8 Å². The van der Waals surface area contributed by atoms with Crippen molar-refractivity contribution in [3.05, 3.63) is 102 Å². The molecule has 0 nitrogen and oxygen atoms in total. The quantitative estimate of drug-likeness (QED) is 0.255. The highest BCUT2D eigenvalue weighted by Crippen LogP contribution is 2.42. The van der Waals surface area contributed by atoms with Crippen molar-refractivity contribution in [1.82, 2.24) is 0 Å². The predicted octanol–water partition coefficient (Wildman–Crippen LogP) is 11.0. The molecule has 5 rings (SSSR count). The largest absolute Gasteiger partial charge is 0.206 e. The summed E-state index contributed by atoms with van der Waals surface area (Å²) >= 11 is 0. The number of aryl methyl sites for hydroxylation is 1. The second-order valence-electron chi connectivity index (χ2n) is 11.4. The van der Waals surface area contributed by atoms with Gasteiger partial charge in [-0.15, -0.1) is 6.58 Å². The average Bonchev–Trinajstić information content (AvgIpc) is 2.98. The minimum atomic E-state index is -0.836. The van der Waals surface area contributed by atoms with Crippen LogP contribution in [0.5, 0.6) is 0 Å². The molecule has 0 saturated heterocycles. The van der Waals surface area contributed by atoms with Gasteiger partial charge in [0.1, 0.15) is 5.82 Å². The van der Waals surface area contributed by atoms with Crippen LogP contribution in [-0.4, -0.2) is 0 Å². The van der Waals surface area contributed by atoms with Gasteiger partial charge < -0.3 is 0 Å². The average molecular weight is 529 g/mol. The first-order chi connectivity index (χ1) is 19.0. The maximum Gasteiger partial charge on any atom is 0.166 e. The van der Waals surface area contributed by atoms with E-state index in [4.69, 9.17) is 0 Å². The SMILES string of the molecule is C=CCCC1CCC(C2CC=C(c3ccc(-c4ccc(-c5ccc(CC)c(F)c5F)cc4)c(F)c3)CC2)CC1. The van der Waals surface area contributed by atoms with E-state index in [2.05, 4.69) is 12.7 Å². The summed E-state index contributed by atoms with van der Waals surface area (Å²) < 4.78 is 44.1. The number of halogens is 3. The van der Waals surface area contributed by atoms with E-state index in [0.29, 0.717) is 23.1 Å². The monoisotopic (exact) mass is 528 g/mol. The Balaban J connectivity index is 1.24. The summed E-state index contributed by atoms with van der Waals surface area (Å²) in [7, 11) is 0. The van der Waals surface area contributed by atoms with Crippen molar-refractivity contribution in [2.75, 3.05) is 0 Å². The molecule has 2 aliphatic rings. The van der Waals surface area contributed by atoms with E-state index in [1.54, 1.807) is 49.4 Å². The molecule has 0 radical (unpaired) electrons. The predicted molar refractivity (Wildman–Crippen MR) is 157 cm³/mol. The summed E-state index contributed by atoms with van der Waals surface area (Å²) in [6, 6.07) is 15.7. The normalized spacial score (nSPS) is 21.4. The Hall–Kier alpha value is -3.07. The molecule has 1 fully saturated rings. The maximum absolute atomic E-state index is 15.3. The van der Waals surface area contributed by atoms with Crippen LogP contribution in [0.15, 0.2) is 73.3 Å². The van der Waals surface area contributed by atoms with Gasteiger partial charge in [-0.05, 0) is 103 Å². The molecule has 3 aromatic carbocycles. The summed E-state index contributed by atoms with van der Waals surface area (Å²) in [6.45, 7) is 5.66. The molecule has 0 heterocycles. The van der Waals surface area contributed by atoms with E-state index in [9.17, 15) is 8.78 Å². The third kappa shape index (κ3) is 6.08. The van der Waals surface area contributed by atoms with Gasteiger partial charge in [-0.3, -0.25) is 0 Å². The van der Waals surface area contributed by atoms with E-state index in [1.165, 1.54) is 44.1 Å². The Kier molecular flexibility index (Phi) is 8.75. The fourth-order valence-corrected chi connectivity index (χ4v) is 6.71. The van der Waals surface area contributed by atoms with Crippen molar-refractivity contribution < 1.29 is 13.2 Å². The fraction of sp³-hybridized carbons (Fsp3) is 0.389. The van der Waals surface area contributed by atoms with Crippen LogP contribution in [0.2, 0.25) is 0 Å². The number of benzene rings is 3. The molecule has 0 spiro atoms. The van der Waals surface area contributed by atoms with Crippen LogP contribution in [0, 0.1) is 35.2 Å². The lowest BCUT2D eigenvalue weighted by Gasteiger charge is -2.35. The summed E-state index contributed by atoms with van der Waals surface area (Å²) in [5.41, 5.74) is 4.60. The van der Waals surface area contributed by atoms with Crippen LogP contribution < -0.4 is 0 Å². The molecule has 2 aliphatic carbocycles. The second-order valence-corrected chi connectivity index (χ2v) is 11.4. The molecule has 0 amide bonds. The zero-order valence-corrected chi connectivity index (χ0v) is 23.0. The Labute approximate surface area is 231 Å². The first-order valence-corrected chi connectivity index (χ1v) is 14.7. The molecule has 1 saturated carbocycles. The topological polar surface area (TPSA) is 0 Å². The Morgan fingerprint density at radius 3 is 2.05 bits per heavy atom. The van der Waals surface area contributed by atoms with E-state index < -0.39 is 11.6 Å². The molecule has 0 N–H and O–H groups in total. The van der Waals surface area contributed by atoms with Gasteiger partial charge in [-0.2, -0.15) is 0 Å². The van der Waals surface area contributed by atoms with Crippen molar-refractivity contribution in [1.29, 1.82) is 0 Å². The molecule has 3 aromatic rings. The van der Waals surface area contributed by atoms with Gasteiger partial charge in [-0.1, -0.05) is 80.4 Å². The van der Waals surface area contributed by atoms with Gasteiger partial charge in [0.15, 0.2) is 11.6 Å². The van der Waals surface area contributed by atoms with Crippen molar-refractivity contribution in [2.24, 2.45) is 17.8 Å². The fourth-order valence-electron chi connectivity index (χ4n) is 6.71. The summed E-state index contributed by atoms with van der Waals surface area (Å²) in [5, 5.41) is 0. The lowest BCUT2D eigenvalue weighted by atomic mass is 9.70. The van der Waals surface area contributed by atoms with Crippen LogP contribution in [-0.2, 0) is 6.42 Å². The van der Waals surface area contributed by atoms with Crippen LogP contribution in [0.1, 0.15) is 75.8 Å². The lowest BCUT2D eigenvalue weighted by molar-refractivity contribution is 0.190. The lowest BCUT2D eigenvalue weighted by Crippen LogP contribution is -2.23. The number of hydrogen-bond donors (Lipinski definition) is 0. The van der Waals surface area contributed by atoms with Gasteiger partial charge in [0.2, 0.25) is 0 Å². The molecule has 1 unspecified atom stereocenters. The van der Waals surface area contributed by atoms with Gasteiger partial charge in [0.05, 0.1) is 0 Å². The molecule has 0 bridgehead atoms. The van der Waals surface area contributed by atoms with Crippen LogP contribution in [0.4, 0.5) is 13.2 Å². The Morgan fingerprint density at radius 1 is 0.769 bits per heavy atom. The van der Waals surface area contributed by atoms with E-state index in [-0.39, 0.29) is 11.4 Å². The minimum Gasteiger partial charge on any atom is -0.206 e. The Morgan fingerprint density at radius 2 is 1.44 bits per heavy atom. The molecule has 39 heavy (non-hydrogen) atoms.